The van der Waals surface area contributed by atoms with Crippen molar-refractivity contribution in [3.63, 3.8) is 0 Å². The van der Waals surface area contributed by atoms with E-state index >= 15 is 0 Å². The van der Waals surface area contributed by atoms with E-state index in [4.69, 9.17) is 11.6 Å². The molecule has 10 heteroatoms. The predicted molar refractivity (Wildman–Crippen MR) is 116 cm³/mol. The predicted octanol–water partition coefficient (Wildman–Crippen LogP) is 4.88. The monoisotopic (exact) mass is 497 g/mol. The van der Waals surface area contributed by atoms with Gasteiger partial charge in [0.05, 0.1) is 22.1 Å². The Morgan fingerprint density at radius 3 is 2.64 bits per heavy atom. The number of aryl methyl sites for hydroxylation is 1. The second-order valence-corrected chi connectivity index (χ2v) is 11.1. The number of rotatable bonds is 3. The number of halogens is 4. The number of carboxylic acid groups (broad SMARTS) is 1. The quantitative estimate of drug-likeness (QED) is 0.559. The fraction of sp³-hybridized carbons (Fsp3) is 0.348. The van der Waals surface area contributed by atoms with E-state index in [-0.39, 0.29) is 35.6 Å². The van der Waals surface area contributed by atoms with Crippen LogP contribution in [0.4, 0.5) is 13.2 Å². The van der Waals surface area contributed by atoms with Crippen molar-refractivity contribution in [2.24, 2.45) is 5.92 Å². The molecule has 33 heavy (non-hydrogen) atoms. The van der Waals surface area contributed by atoms with Gasteiger partial charge < -0.3 is 9.67 Å². The summed E-state index contributed by atoms with van der Waals surface area (Å²) in [6, 6.07) is 7.26. The molecule has 0 fully saturated rings. The van der Waals surface area contributed by atoms with Crippen LogP contribution < -0.4 is 0 Å². The first-order valence-corrected chi connectivity index (χ1v) is 12.5. The molecule has 0 radical (unpaired) electrons. The lowest BCUT2D eigenvalue weighted by Gasteiger charge is -2.23. The normalized spacial score (nSPS) is 19.5. The maximum atomic E-state index is 14.0. The van der Waals surface area contributed by atoms with Crippen LogP contribution in [-0.2, 0) is 46.6 Å². The molecule has 1 aromatic heterocycles. The van der Waals surface area contributed by atoms with Crippen molar-refractivity contribution in [3.05, 3.63) is 63.3 Å². The van der Waals surface area contributed by atoms with Crippen LogP contribution >= 0.6 is 11.6 Å². The number of aliphatic carboxylic acids is 1. The number of sulfone groups is 1. The van der Waals surface area contributed by atoms with Gasteiger partial charge in [-0.2, -0.15) is 13.2 Å². The number of aromatic nitrogens is 1. The lowest BCUT2D eigenvalue weighted by atomic mass is 9.92. The van der Waals surface area contributed by atoms with Crippen LogP contribution in [0.25, 0.3) is 10.9 Å². The maximum absolute atomic E-state index is 14.0. The SMILES string of the molecule is O=C(O)C1CCc2c(Cc3cc4c(cc3C(F)(F)F)S(=O)(=O)CC4)c3cc(Cl)ccc3n2C1. The number of fused-ring (bicyclic) bond motifs is 4. The minimum absolute atomic E-state index is 0.00832. The fourth-order valence-corrected chi connectivity index (χ4v) is 6.82. The molecule has 2 aliphatic heterocycles. The Bertz CT molecular complexity index is 1430. The molecule has 1 unspecified atom stereocenters. The highest BCUT2D eigenvalue weighted by atomic mass is 35.5. The molecule has 3 heterocycles. The van der Waals surface area contributed by atoms with Crippen LogP contribution in [0.1, 0.15) is 34.4 Å². The molecule has 174 valence electrons. The lowest BCUT2D eigenvalue weighted by molar-refractivity contribution is -0.142. The first kappa shape index (κ1) is 22.3. The minimum Gasteiger partial charge on any atom is -0.481 e. The molecule has 0 aliphatic carbocycles. The molecule has 1 atom stereocenters. The molecule has 5 rings (SSSR count). The van der Waals surface area contributed by atoms with Gasteiger partial charge in [-0.3, -0.25) is 4.79 Å². The number of nitrogens with zero attached hydrogens (tertiary/aromatic N) is 1. The van der Waals surface area contributed by atoms with Crippen LogP contribution in [0.5, 0.6) is 0 Å². The van der Waals surface area contributed by atoms with Crippen LogP contribution in [-0.4, -0.2) is 29.8 Å². The number of hydrogen-bond donors (Lipinski definition) is 1. The molecule has 0 spiro atoms. The number of hydrogen-bond acceptors (Lipinski definition) is 3. The average molecular weight is 498 g/mol. The zero-order chi connectivity index (χ0) is 23.7. The molecular weight excluding hydrogens is 479 g/mol. The summed E-state index contributed by atoms with van der Waals surface area (Å²) < 4.78 is 68.2. The van der Waals surface area contributed by atoms with Gasteiger partial charge in [0.2, 0.25) is 0 Å². The summed E-state index contributed by atoms with van der Waals surface area (Å²) in [7, 11) is -3.71. The van der Waals surface area contributed by atoms with Crippen molar-refractivity contribution in [2.75, 3.05) is 5.75 Å². The summed E-state index contributed by atoms with van der Waals surface area (Å²) in [6.07, 6.45) is -3.78. The minimum atomic E-state index is -4.72. The van der Waals surface area contributed by atoms with E-state index in [9.17, 15) is 31.5 Å². The zero-order valence-electron chi connectivity index (χ0n) is 17.2. The third-order valence-electron chi connectivity index (χ3n) is 6.66. The van der Waals surface area contributed by atoms with E-state index in [1.54, 1.807) is 18.2 Å². The van der Waals surface area contributed by atoms with Gasteiger partial charge in [0, 0.05) is 34.6 Å². The molecule has 2 aromatic carbocycles. The van der Waals surface area contributed by atoms with Crippen LogP contribution in [0, 0.1) is 5.92 Å². The molecular formula is C23H19ClF3NO4S. The van der Waals surface area contributed by atoms with Crippen LogP contribution in [0.2, 0.25) is 5.02 Å². The molecule has 2 aliphatic rings. The van der Waals surface area contributed by atoms with Crippen molar-refractivity contribution in [1.29, 1.82) is 0 Å². The summed E-state index contributed by atoms with van der Waals surface area (Å²) in [5.74, 6) is -1.68. The average Bonchev–Trinajstić information content (AvgIpc) is 3.20. The van der Waals surface area contributed by atoms with E-state index in [0.29, 0.717) is 34.4 Å². The summed E-state index contributed by atoms with van der Waals surface area (Å²) >= 11 is 6.20. The second-order valence-electron chi connectivity index (χ2n) is 8.63. The lowest BCUT2D eigenvalue weighted by Crippen LogP contribution is -2.26. The van der Waals surface area contributed by atoms with Crippen LogP contribution in [0.3, 0.4) is 0 Å². The zero-order valence-corrected chi connectivity index (χ0v) is 18.8. The van der Waals surface area contributed by atoms with Gasteiger partial charge >= 0.3 is 12.1 Å². The number of carbonyl (C=O) groups is 1. The Morgan fingerprint density at radius 1 is 1.18 bits per heavy atom. The molecule has 0 bridgehead atoms. The van der Waals surface area contributed by atoms with Crippen molar-refractivity contribution >= 4 is 38.3 Å². The first-order chi connectivity index (χ1) is 15.5. The number of carboxylic acids is 1. The smallest absolute Gasteiger partial charge is 0.416 e. The summed E-state index contributed by atoms with van der Waals surface area (Å²) in [6.45, 7) is 0.233. The summed E-state index contributed by atoms with van der Waals surface area (Å²) in [4.78, 5) is 11.3. The van der Waals surface area contributed by atoms with Crippen molar-refractivity contribution < 1.29 is 31.5 Å². The molecule has 1 N–H and O–H groups in total. The van der Waals surface area contributed by atoms with Gasteiger partial charge in [-0.05, 0) is 60.2 Å². The fourth-order valence-electron chi connectivity index (χ4n) is 5.08. The van der Waals surface area contributed by atoms with Crippen LogP contribution in [0.15, 0.2) is 35.2 Å². The maximum Gasteiger partial charge on any atom is 0.416 e. The Balaban J connectivity index is 1.70. The topological polar surface area (TPSA) is 76.4 Å². The molecule has 0 amide bonds. The molecule has 0 saturated carbocycles. The van der Waals surface area contributed by atoms with Gasteiger partial charge in [0.25, 0.3) is 0 Å². The van der Waals surface area contributed by atoms with Gasteiger partial charge in [-0.1, -0.05) is 17.7 Å². The first-order valence-electron chi connectivity index (χ1n) is 10.4. The van der Waals surface area contributed by atoms with E-state index in [0.717, 1.165) is 17.3 Å². The highest BCUT2D eigenvalue weighted by Gasteiger charge is 2.38. The Morgan fingerprint density at radius 2 is 1.94 bits per heavy atom. The second kappa shape index (κ2) is 7.50. The van der Waals surface area contributed by atoms with Gasteiger partial charge in [-0.15, -0.1) is 0 Å². The standard InChI is InChI=1S/C23H19ClF3NO4S/c24-15-2-4-20-17(9-15)16(19-3-1-13(22(29)30)11-28(19)20)8-14-7-12-5-6-33(31,32)21(12)10-18(14)23(25,26)27/h2,4,7,9-10,13H,1,3,5-6,8,11H2,(H,29,30). The van der Waals surface area contributed by atoms with Gasteiger partial charge in [0.15, 0.2) is 9.84 Å². The third kappa shape index (κ3) is 3.71. The Hall–Kier alpha value is -2.52. The Kier molecular flexibility index (Phi) is 5.06. The molecule has 3 aromatic rings. The van der Waals surface area contributed by atoms with E-state index < -0.39 is 33.5 Å². The van der Waals surface area contributed by atoms with Gasteiger partial charge in [0.1, 0.15) is 0 Å². The van der Waals surface area contributed by atoms with Crippen molar-refractivity contribution in [2.45, 2.75) is 43.3 Å². The van der Waals surface area contributed by atoms with E-state index in [1.165, 1.54) is 6.07 Å². The highest BCUT2D eigenvalue weighted by Crippen LogP contribution is 2.41. The number of benzene rings is 2. The van der Waals surface area contributed by atoms with Crippen molar-refractivity contribution in [1.82, 2.24) is 4.57 Å². The van der Waals surface area contributed by atoms with Crippen molar-refractivity contribution in [3.8, 4) is 0 Å². The van der Waals surface area contributed by atoms with E-state index in [1.807, 2.05) is 4.57 Å². The third-order valence-corrected chi connectivity index (χ3v) is 8.69. The number of alkyl halides is 3. The summed E-state index contributed by atoms with van der Waals surface area (Å²) in [5, 5.41) is 10.6. The molecule has 5 nitrogen and oxygen atoms in total. The molecule has 0 saturated heterocycles. The van der Waals surface area contributed by atoms with E-state index in [2.05, 4.69) is 0 Å². The Labute approximate surface area is 192 Å². The summed E-state index contributed by atoms with van der Waals surface area (Å²) in [5.41, 5.74) is 1.65. The largest absolute Gasteiger partial charge is 0.481 e. The van der Waals surface area contributed by atoms with Gasteiger partial charge in [-0.25, -0.2) is 8.42 Å². The highest BCUT2D eigenvalue weighted by molar-refractivity contribution is 7.91.